The van der Waals surface area contributed by atoms with Crippen LogP contribution in [0.5, 0.6) is 0 Å². The van der Waals surface area contributed by atoms with Crippen LogP contribution in [0.4, 0.5) is 0 Å². The lowest BCUT2D eigenvalue weighted by atomic mass is 9.79. The van der Waals surface area contributed by atoms with Crippen LogP contribution in [-0.4, -0.2) is 44.9 Å². The van der Waals surface area contributed by atoms with Crippen molar-refractivity contribution in [3.8, 4) is 5.69 Å². The Morgan fingerprint density at radius 3 is 2.77 bits per heavy atom. The Kier molecular flexibility index (Phi) is 6.32. The van der Waals surface area contributed by atoms with Gasteiger partial charge in [0.1, 0.15) is 0 Å². The Balaban J connectivity index is 0.00000243. The minimum absolute atomic E-state index is 0. The molecule has 26 heavy (non-hydrogen) atoms. The third-order valence-electron chi connectivity index (χ3n) is 4.95. The summed E-state index contributed by atoms with van der Waals surface area (Å²) in [6, 6.07) is 7.47. The molecule has 3 rings (SSSR count). The average molecular weight is 398 g/mol. The van der Waals surface area contributed by atoms with Gasteiger partial charge in [0.15, 0.2) is 5.69 Å². The van der Waals surface area contributed by atoms with Crippen LogP contribution in [0.3, 0.4) is 0 Å². The molecule has 1 amide bonds. The van der Waals surface area contributed by atoms with Crippen molar-refractivity contribution in [1.29, 1.82) is 0 Å². The number of hydrogen-bond donors (Lipinski definition) is 1. The number of carbonyl (C=O) groups is 1. The van der Waals surface area contributed by atoms with E-state index in [9.17, 15) is 4.79 Å². The average Bonchev–Trinajstić information content (AvgIpc) is 3.00. The van der Waals surface area contributed by atoms with E-state index >= 15 is 0 Å². The van der Waals surface area contributed by atoms with Crippen molar-refractivity contribution >= 4 is 29.9 Å². The topological polar surface area (TPSA) is 77.0 Å². The lowest BCUT2D eigenvalue weighted by Crippen LogP contribution is -2.54. The normalized spacial score (nSPS) is 19.1. The summed E-state index contributed by atoms with van der Waals surface area (Å²) in [6.45, 7) is 7.46. The fourth-order valence-electron chi connectivity index (χ4n) is 3.30. The van der Waals surface area contributed by atoms with E-state index in [1.807, 2.05) is 30.0 Å². The van der Waals surface area contributed by atoms with Crippen molar-refractivity contribution in [2.24, 2.45) is 11.1 Å². The lowest BCUT2D eigenvalue weighted by molar-refractivity contribution is 0.0526. The summed E-state index contributed by atoms with van der Waals surface area (Å²) in [5.41, 5.74) is 8.08. The molecule has 0 spiro atoms. The highest BCUT2D eigenvalue weighted by atomic mass is 35.5. The quantitative estimate of drug-likeness (QED) is 0.862. The summed E-state index contributed by atoms with van der Waals surface area (Å²) in [4.78, 5) is 14.9. The Labute approximate surface area is 165 Å². The van der Waals surface area contributed by atoms with Crippen LogP contribution in [0.15, 0.2) is 24.3 Å². The molecule has 1 saturated heterocycles. The number of halogens is 2. The largest absolute Gasteiger partial charge is 0.337 e. The second-order valence-electron chi connectivity index (χ2n) is 7.24. The van der Waals surface area contributed by atoms with Crippen molar-refractivity contribution in [2.45, 2.75) is 39.7 Å². The van der Waals surface area contributed by atoms with E-state index < -0.39 is 0 Å². The molecule has 1 aliphatic rings. The number of hydrogen-bond acceptors (Lipinski definition) is 4. The van der Waals surface area contributed by atoms with Crippen LogP contribution in [-0.2, 0) is 6.42 Å². The third kappa shape index (κ3) is 3.87. The Morgan fingerprint density at radius 1 is 1.42 bits per heavy atom. The van der Waals surface area contributed by atoms with Crippen LogP contribution in [0, 0.1) is 5.41 Å². The molecule has 0 radical (unpaired) electrons. The second kappa shape index (κ2) is 7.94. The van der Waals surface area contributed by atoms with Crippen molar-refractivity contribution < 1.29 is 4.79 Å². The van der Waals surface area contributed by atoms with Crippen LogP contribution < -0.4 is 5.73 Å². The summed E-state index contributed by atoms with van der Waals surface area (Å²) in [5.74, 6) is -0.0786. The summed E-state index contributed by atoms with van der Waals surface area (Å²) in [6.07, 6.45) is 1.44. The number of nitrogens with two attached hydrogens (primary N) is 1. The van der Waals surface area contributed by atoms with Crippen LogP contribution in [0.1, 0.15) is 43.4 Å². The van der Waals surface area contributed by atoms with Gasteiger partial charge >= 0.3 is 0 Å². The molecule has 1 unspecified atom stereocenters. The van der Waals surface area contributed by atoms with E-state index in [4.69, 9.17) is 17.3 Å². The maximum absolute atomic E-state index is 13.0. The fraction of sp³-hybridized carbons (Fsp3) is 0.500. The molecule has 0 aliphatic carbocycles. The van der Waals surface area contributed by atoms with E-state index in [0.29, 0.717) is 30.2 Å². The third-order valence-corrected chi connectivity index (χ3v) is 5.19. The van der Waals surface area contributed by atoms with Gasteiger partial charge in [-0.25, -0.2) is 4.68 Å². The van der Waals surface area contributed by atoms with Gasteiger partial charge in [-0.2, -0.15) is 0 Å². The minimum atomic E-state index is -0.108. The van der Waals surface area contributed by atoms with Crippen molar-refractivity contribution in [3.63, 3.8) is 0 Å². The molecule has 2 heterocycles. The molecule has 1 aromatic carbocycles. The van der Waals surface area contributed by atoms with Crippen LogP contribution in [0.25, 0.3) is 5.69 Å². The first-order valence-electron chi connectivity index (χ1n) is 8.59. The van der Waals surface area contributed by atoms with E-state index in [2.05, 4.69) is 24.2 Å². The number of likely N-dealkylation sites (tertiary alicyclic amines) is 1. The molecule has 142 valence electrons. The maximum atomic E-state index is 13.0. The van der Waals surface area contributed by atoms with Crippen molar-refractivity contribution in [1.82, 2.24) is 19.9 Å². The number of aromatic nitrogens is 3. The Hall–Kier alpha value is -1.63. The lowest BCUT2D eigenvalue weighted by Gasteiger charge is -2.42. The van der Waals surface area contributed by atoms with Gasteiger partial charge in [0.25, 0.3) is 5.91 Å². The summed E-state index contributed by atoms with van der Waals surface area (Å²) in [7, 11) is 0. The van der Waals surface area contributed by atoms with E-state index in [1.54, 1.807) is 10.7 Å². The van der Waals surface area contributed by atoms with Gasteiger partial charge in [-0.1, -0.05) is 43.7 Å². The van der Waals surface area contributed by atoms with Gasteiger partial charge in [-0.15, -0.1) is 17.5 Å². The Bertz CT molecular complexity index is 790. The maximum Gasteiger partial charge on any atom is 0.276 e. The van der Waals surface area contributed by atoms with Crippen molar-refractivity contribution in [2.75, 3.05) is 13.1 Å². The Morgan fingerprint density at radius 2 is 2.15 bits per heavy atom. The van der Waals surface area contributed by atoms with Gasteiger partial charge in [-0.05, 0) is 36.5 Å². The number of piperidine rings is 1. The van der Waals surface area contributed by atoms with E-state index in [-0.39, 0.29) is 29.8 Å². The first-order chi connectivity index (χ1) is 11.8. The number of rotatable bonds is 3. The van der Waals surface area contributed by atoms with Gasteiger partial charge < -0.3 is 10.6 Å². The first kappa shape index (κ1) is 20.7. The van der Waals surface area contributed by atoms with Gasteiger partial charge in [0.2, 0.25) is 0 Å². The molecule has 8 heteroatoms. The monoisotopic (exact) mass is 397 g/mol. The summed E-state index contributed by atoms with van der Waals surface area (Å²) >= 11 is 6.08. The molecular formula is C18H25Cl2N5O. The van der Waals surface area contributed by atoms with Crippen LogP contribution in [0.2, 0.25) is 5.02 Å². The van der Waals surface area contributed by atoms with Crippen molar-refractivity contribution in [3.05, 3.63) is 40.7 Å². The summed E-state index contributed by atoms with van der Waals surface area (Å²) in [5, 5.41) is 9.00. The second-order valence-corrected chi connectivity index (χ2v) is 7.68. The standard InChI is InChI=1S/C18H24ClN5O.ClH/c1-4-14-16(17(25)23-9-8-15(20)18(2,3)11-23)21-22-24(14)13-7-5-6-12(19)10-13;/h5-7,10,15H,4,8-9,11,20H2,1-3H3;1H. The predicted octanol–water partition coefficient (Wildman–Crippen LogP) is 3.10. The van der Waals surface area contributed by atoms with Crippen LogP contribution >= 0.6 is 24.0 Å². The van der Waals surface area contributed by atoms with Gasteiger partial charge in [0.05, 0.1) is 11.4 Å². The molecule has 1 aliphatic heterocycles. The number of amides is 1. The fourth-order valence-corrected chi connectivity index (χ4v) is 3.48. The molecule has 2 N–H and O–H groups in total. The summed E-state index contributed by atoms with van der Waals surface area (Å²) < 4.78 is 1.69. The molecule has 0 bridgehead atoms. The zero-order chi connectivity index (χ0) is 18.2. The minimum Gasteiger partial charge on any atom is -0.337 e. The predicted molar refractivity (Wildman–Crippen MR) is 105 cm³/mol. The SMILES string of the molecule is CCc1c(C(=O)N2CCC(N)C(C)(C)C2)nnn1-c1cccc(Cl)c1.Cl. The molecule has 6 nitrogen and oxygen atoms in total. The molecule has 1 aromatic heterocycles. The zero-order valence-electron chi connectivity index (χ0n) is 15.3. The number of carbonyl (C=O) groups excluding carboxylic acids is 1. The van der Waals surface area contributed by atoms with Gasteiger partial charge in [-0.3, -0.25) is 4.79 Å². The smallest absolute Gasteiger partial charge is 0.276 e. The number of nitrogens with zero attached hydrogens (tertiary/aromatic N) is 4. The zero-order valence-corrected chi connectivity index (χ0v) is 16.8. The molecule has 1 fully saturated rings. The highest BCUT2D eigenvalue weighted by molar-refractivity contribution is 6.30. The highest BCUT2D eigenvalue weighted by Gasteiger charge is 2.37. The molecule has 1 atom stereocenters. The molecule has 2 aromatic rings. The van der Waals surface area contributed by atoms with E-state index in [0.717, 1.165) is 17.8 Å². The molecular weight excluding hydrogens is 373 g/mol. The number of benzene rings is 1. The van der Waals surface area contributed by atoms with E-state index in [1.165, 1.54) is 0 Å². The van der Waals surface area contributed by atoms with Gasteiger partial charge in [0, 0.05) is 24.2 Å². The highest BCUT2D eigenvalue weighted by Crippen LogP contribution is 2.29. The first-order valence-corrected chi connectivity index (χ1v) is 8.96. The molecule has 0 saturated carbocycles.